The zero-order valence-electron chi connectivity index (χ0n) is 14.1. The van der Waals surface area contributed by atoms with Gasteiger partial charge in [0.25, 0.3) is 0 Å². The first-order valence-corrected chi connectivity index (χ1v) is 8.79. The highest BCUT2D eigenvalue weighted by atomic mass is 32.2. The summed E-state index contributed by atoms with van der Waals surface area (Å²) in [6, 6.07) is 6.06. The van der Waals surface area contributed by atoms with E-state index in [-0.39, 0.29) is 16.6 Å². The first-order chi connectivity index (χ1) is 11.2. The average molecular weight is 346 g/mol. The summed E-state index contributed by atoms with van der Waals surface area (Å²) < 4.78 is 0.0703. The van der Waals surface area contributed by atoms with E-state index >= 15 is 0 Å². The van der Waals surface area contributed by atoms with Gasteiger partial charge >= 0.3 is 5.97 Å². The fourth-order valence-electron chi connectivity index (χ4n) is 2.83. The highest BCUT2D eigenvalue weighted by molar-refractivity contribution is 8.00. The van der Waals surface area contributed by atoms with Crippen LogP contribution in [0.5, 0.6) is 0 Å². The van der Waals surface area contributed by atoms with Crippen LogP contribution in [0.2, 0.25) is 0 Å². The summed E-state index contributed by atoms with van der Waals surface area (Å²) in [5, 5.41) is 10.2. The Labute approximate surface area is 145 Å². The van der Waals surface area contributed by atoms with Crippen LogP contribution in [0, 0.1) is 0 Å². The van der Waals surface area contributed by atoms with E-state index in [1.807, 2.05) is 18.2 Å². The lowest BCUT2D eigenvalue weighted by molar-refractivity contribution is 0.0684. The number of aromatic nitrogens is 2. The second-order valence-electron chi connectivity index (χ2n) is 7.06. The quantitative estimate of drug-likeness (QED) is 0.826. The molecule has 0 radical (unpaired) electrons. The molecule has 128 valence electrons. The maximum atomic E-state index is 11.4. The summed E-state index contributed by atoms with van der Waals surface area (Å²) in [5.41, 5.74) is 6.65. The summed E-state index contributed by atoms with van der Waals surface area (Å²) in [5.74, 6) is -0.621. The monoisotopic (exact) mass is 346 g/mol. The van der Waals surface area contributed by atoms with Crippen molar-refractivity contribution in [1.82, 2.24) is 9.97 Å². The molecular formula is C17H22N4O2S. The number of rotatable bonds is 3. The molecule has 1 aliphatic rings. The Morgan fingerprint density at radius 2 is 2.12 bits per heavy atom. The second kappa shape index (κ2) is 6.22. The fraction of sp³-hybridized carbons (Fsp3) is 0.471. The topological polar surface area (TPSA) is 92.3 Å². The summed E-state index contributed by atoms with van der Waals surface area (Å²) in [6.07, 6.45) is 0.881. The first-order valence-electron chi connectivity index (χ1n) is 7.97. The Bertz CT molecular complexity index is 788. The standard InChI is InChI=1S/C17H22N4O2S/c1-17(2,3)24-11-4-5-12-13(8-11)19-14(16(22)23)20-15(12)21-7-6-10(18)9-21/h4-5,8,10H,6-7,9,18H2,1-3H3,(H,22,23)/t10-/m1/s1. The van der Waals surface area contributed by atoms with Crippen LogP contribution in [0.3, 0.4) is 0 Å². The highest BCUT2D eigenvalue weighted by Gasteiger charge is 2.24. The molecule has 2 aromatic rings. The van der Waals surface area contributed by atoms with Crippen LogP contribution in [0.4, 0.5) is 5.82 Å². The maximum Gasteiger partial charge on any atom is 0.374 e. The zero-order valence-corrected chi connectivity index (χ0v) is 14.9. The largest absolute Gasteiger partial charge is 0.475 e. The van der Waals surface area contributed by atoms with E-state index in [2.05, 4.69) is 35.6 Å². The van der Waals surface area contributed by atoms with E-state index in [0.717, 1.165) is 23.2 Å². The van der Waals surface area contributed by atoms with Gasteiger partial charge in [-0.2, -0.15) is 0 Å². The molecular weight excluding hydrogens is 324 g/mol. The van der Waals surface area contributed by atoms with E-state index in [1.165, 1.54) is 0 Å². The summed E-state index contributed by atoms with van der Waals surface area (Å²) in [6.45, 7) is 7.89. The normalized spacial score (nSPS) is 18.3. The van der Waals surface area contributed by atoms with E-state index in [4.69, 9.17) is 5.73 Å². The molecule has 1 aromatic carbocycles. The third-order valence-corrected chi connectivity index (χ3v) is 4.89. The molecule has 24 heavy (non-hydrogen) atoms. The number of nitrogens with zero attached hydrogens (tertiary/aromatic N) is 3. The molecule has 1 atom stereocenters. The van der Waals surface area contributed by atoms with Crippen LogP contribution in [0.1, 0.15) is 37.8 Å². The minimum Gasteiger partial charge on any atom is -0.475 e. The van der Waals surface area contributed by atoms with Crippen LogP contribution in [-0.4, -0.2) is 44.9 Å². The summed E-state index contributed by atoms with van der Waals surface area (Å²) in [7, 11) is 0. The molecule has 3 N–H and O–H groups in total. The number of fused-ring (bicyclic) bond motifs is 1. The molecule has 0 amide bonds. The van der Waals surface area contributed by atoms with Crippen LogP contribution in [0.25, 0.3) is 10.9 Å². The maximum absolute atomic E-state index is 11.4. The Hall–Kier alpha value is -1.86. The number of hydrogen-bond acceptors (Lipinski definition) is 6. The lowest BCUT2D eigenvalue weighted by atomic mass is 10.2. The van der Waals surface area contributed by atoms with Gasteiger partial charge in [0.05, 0.1) is 5.52 Å². The van der Waals surface area contributed by atoms with E-state index in [9.17, 15) is 9.90 Å². The van der Waals surface area contributed by atoms with Gasteiger partial charge in [0.2, 0.25) is 5.82 Å². The van der Waals surface area contributed by atoms with Crippen molar-refractivity contribution < 1.29 is 9.90 Å². The van der Waals surface area contributed by atoms with Crippen molar-refractivity contribution in [2.45, 2.75) is 42.9 Å². The molecule has 7 heteroatoms. The van der Waals surface area contributed by atoms with Crippen molar-refractivity contribution in [3.63, 3.8) is 0 Å². The van der Waals surface area contributed by atoms with Gasteiger partial charge < -0.3 is 15.7 Å². The minimum absolute atomic E-state index is 0.0703. The number of nitrogens with two attached hydrogens (primary N) is 1. The molecule has 2 heterocycles. The number of aromatic carboxylic acids is 1. The molecule has 0 aliphatic carbocycles. The lowest BCUT2D eigenvalue weighted by Crippen LogP contribution is -2.27. The number of hydrogen-bond donors (Lipinski definition) is 2. The molecule has 0 unspecified atom stereocenters. The summed E-state index contributed by atoms with van der Waals surface area (Å²) in [4.78, 5) is 23.0. The van der Waals surface area contributed by atoms with Crippen LogP contribution in [-0.2, 0) is 0 Å². The average Bonchev–Trinajstić information content (AvgIpc) is 2.90. The van der Waals surface area contributed by atoms with Crippen LogP contribution < -0.4 is 10.6 Å². The Kier molecular flexibility index (Phi) is 4.40. The van der Waals surface area contributed by atoms with E-state index in [0.29, 0.717) is 17.9 Å². The van der Waals surface area contributed by atoms with Gasteiger partial charge in [-0.1, -0.05) is 20.8 Å². The molecule has 1 fully saturated rings. The Balaban J connectivity index is 2.11. The van der Waals surface area contributed by atoms with Crippen LogP contribution in [0.15, 0.2) is 23.1 Å². The fourth-order valence-corrected chi connectivity index (χ4v) is 3.84. The minimum atomic E-state index is -1.12. The van der Waals surface area contributed by atoms with Gasteiger partial charge in [-0.15, -0.1) is 11.8 Å². The molecule has 0 saturated carbocycles. The van der Waals surface area contributed by atoms with Gasteiger partial charge in [-0.05, 0) is 24.6 Å². The molecule has 6 nitrogen and oxygen atoms in total. The lowest BCUT2D eigenvalue weighted by Gasteiger charge is -2.20. The molecule has 3 rings (SSSR count). The Morgan fingerprint density at radius 3 is 2.71 bits per heavy atom. The van der Waals surface area contributed by atoms with Crippen LogP contribution >= 0.6 is 11.8 Å². The highest BCUT2D eigenvalue weighted by Crippen LogP contribution is 2.35. The number of carbonyl (C=O) groups is 1. The third-order valence-electron chi connectivity index (χ3n) is 3.79. The van der Waals surface area contributed by atoms with Crippen molar-refractivity contribution in [3.05, 3.63) is 24.0 Å². The van der Waals surface area contributed by atoms with Gasteiger partial charge in [0.1, 0.15) is 5.82 Å². The van der Waals surface area contributed by atoms with Gasteiger partial charge in [0, 0.05) is 34.2 Å². The van der Waals surface area contributed by atoms with Gasteiger partial charge in [-0.3, -0.25) is 0 Å². The first kappa shape index (κ1) is 17.0. The predicted molar refractivity (Wildman–Crippen MR) is 96.9 cm³/mol. The van der Waals surface area contributed by atoms with Crippen molar-refractivity contribution >= 4 is 34.5 Å². The van der Waals surface area contributed by atoms with Crippen molar-refractivity contribution in [2.24, 2.45) is 5.73 Å². The number of carboxylic acids is 1. The van der Waals surface area contributed by atoms with Crippen molar-refractivity contribution in [2.75, 3.05) is 18.0 Å². The van der Waals surface area contributed by atoms with Gasteiger partial charge in [0.15, 0.2) is 0 Å². The van der Waals surface area contributed by atoms with Crippen molar-refractivity contribution in [3.8, 4) is 0 Å². The SMILES string of the molecule is CC(C)(C)Sc1ccc2c(N3CC[C@@H](N)C3)nc(C(=O)O)nc2c1. The second-order valence-corrected chi connectivity index (χ2v) is 8.96. The number of anilines is 1. The molecule has 1 aromatic heterocycles. The zero-order chi connectivity index (χ0) is 17.5. The number of thioether (sulfide) groups is 1. The molecule has 0 bridgehead atoms. The van der Waals surface area contributed by atoms with Gasteiger partial charge in [-0.25, -0.2) is 14.8 Å². The third kappa shape index (κ3) is 3.62. The summed E-state index contributed by atoms with van der Waals surface area (Å²) >= 11 is 1.73. The van der Waals surface area contributed by atoms with Crippen molar-refractivity contribution in [1.29, 1.82) is 0 Å². The smallest absolute Gasteiger partial charge is 0.374 e. The predicted octanol–water partition coefficient (Wildman–Crippen LogP) is 2.76. The molecule has 1 saturated heterocycles. The number of benzene rings is 1. The number of carboxylic acid groups (broad SMARTS) is 1. The van der Waals surface area contributed by atoms with E-state index in [1.54, 1.807) is 11.8 Å². The van der Waals surface area contributed by atoms with E-state index < -0.39 is 5.97 Å². The molecule has 0 spiro atoms. The molecule has 1 aliphatic heterocycles. The Morgan fingerprint density at radius 1 is 1.38 bits per heavy atom.